The SMILES string of the molecule is CC(NC(=O)c1cc(C2CC2)nn1-c1ccccc1)c1cc(F)ccc1F. The van der Waals surface area contributed by atoms with Gasteiger partial charge in [0.1, 0.15) is 17.3 Å². The quantitative estimate of drug-likeness (QED) is 0.721. The van der Waals surface area contributed by atoms with Gasteiger partial charge in [0.05, 0.1) is 17.4 Å². The van der Waals surface area contributed by atoms with Crippen molar-refractivity contribution < 1.29 is 13.6 Å². The van der Waals surface area contributed by atoms with Gasteiger partial charge in [-0.05, 0) is 56.2 Å². The average molecular weight is 367 g/mol. The van der Waals surface area contributed by atoms with Gasteiger partial charge in [-0.3, -0.25) is 4.79 Å². The summed E-state index contributed by atoms with van der Waals surface area (Å²) in [5, 5.41) is 7.35. The molecule has 1 amide bonds. The second-order valence-corrected chi connectivity index (χ2v) is 6.84. The Morgan fingerprint density at radius 1 is 1.15 bits per heavy atom. The Kier molecular flexibility index (Phi) is 4.48. The summed E-state index contributed by atoms with van der Waals surface area (Å²) in [6.45, 7) is 1.63. The minimum Gasteiger partial charge on any atom is -0.344 e. The summed E-state index contributed by atoms with van der Waals surface area (Å²) in [5.41, 5.74) is 2.15. The number of aromatic nitrogens is 2. The van der Waals surface area contributed by atoms with Crippen molar-refractivity contribution in [1.82, 2.24) is 15.1 Å². The maximum Gasteiger partial charge on any atom is 0.270 e. The largest absolute Gasteiger partial charge is 0.344 e. The average Bonchev–Trinajstić information content (AvgIpc) is 3.42. The first-order chi connectivity index (χ1) is 13.0. The minimum absolute atomic E-state index is 0.108. The van der Waals surface area contributed by atoms with E-state index in [-0.39, 0.29) is 11.5 Å². The molecule has 1 fully saturated rings. The Labute approximate surface area is 155 Å². The number of benzene rings is 2. The van der Waals surface area contributed by atoms with Crippen molar-refractivity contribution in [3.8, 4) is 5.69 Å². The molecule has 138 valence electrons. The lowest BCUT2D eigenvalue weighted by Gasteiger charge is -2.16. The predicted octanol–water partition coefficient (Wildman–Crippen LogP) is 4.52. The van der Waals surface area contributed by atoms with Crippen LogP contribution in [-0.4, -0.2) is 15.7 Å². The Bertz CT molecular complexity index is 980. The molecule has 27 heavy (non-hydrogen) atoms. The molecule has 0 radical (unpaired) electrons. The van der Waals surface area contributed by atoms with Crippen LogP contribution in [0.15, 0.2) is 54.6 Å². The van der Waals surface area contributed by atoms with E-state index in [0.717, 1.165) is 42.4 Å². The molecule has 1 unspecified atom stereocenters. The molecular weight excluding hydrogens is 348 g/mol. The molecule has 1 aliphatic carbocycles. The number of hydrogen-bond donors (Lipinski definition) is 1. The smallest absolute Gasteiger partial charge is 0.270 e. The highest BCUT2D eigenvalue weighted by Gasteiger charge is 2.29. The van der Waals surface area contributed by atoms with E-state index < -0.39 is 17.7 Å². The zero-order valence-corrected chi connectivity index (χ0v) is 14.8. The topological polar surface area (TPSA) is 46.9 Å². The number of halogens is 2. The molecule has 2 aromatic carbocycles. The van der Waals surface area contributed by atoms with E-state index in [1.54, 1.807) is 17.7 Å². The van der Waals surface area contributed by atoms with E-state index >= 15 is 0 Å². The molecule has 4 rings (SSSR count). The van der Waals surface area contributed by atoms with Crippen molar-refractivity contribution in [2.75, 3.05) is 0 Å². The monoisotopic (exact) mass is 367 g/mol. The molecule has 1 aromatic heterocycles. The summed E-state index contributed by atoms with van der Waals surface area (Å²) < 4.78 is 29.1. The van der Waals surface area contributed by atoms with Crippen LogP contribution < -0.4 is 5.32 Å². The van der Waals surface area contributed by atoms with Gasteiger partial charge in [-0.1, -0.05) is 18.2 Å². The fourth-order valence-electron chi connectivity index (χ4n) is 3.10. The normalized spacial score (nSPS) is 14.8. The van der Waals surface area contributed by atoms with E-state index in [1.165, 1.54) is 0 Å². The third-order valence-electron chi connectivity index (χ3n) is 4.73. The lowest BCUT2D eigenvalue weighted by atomic mass is 10.1. The number of carbonyl (C=O) groups is 1. The van der Waals surface area contributed by atoms with Crippen LogP contribution in [0.5, 0.6) is 0 Å². The number of hydrogen-bond acceptors (Lipinski definition) is 2. The van der Waals surface area contributed by atoms with Gasteiger partial charge in [0, 0.05) is 11.5 Å². The number of amides is 1. The van der Waals surface area contributed by atoms with Gasteiger partial charge >= 0.3 is 0 Å². The second kappa shape index (κ2) is 6.95. The van der Waals surface area contributed by atoms with E-state index in [0.29, 0.717) is 11.6 Å². The van der Waals surface area contributed by atoms with Crippen LogP contribution >= 0.6 is 0 Å². The number of rotatable bonds is 5. The van der Waals surface area contributed by atoms with Crippen molar-refractivity contribution >= 4 is 5.91 Å². The molecule has 0 aliphatic heterocycles. The van der Waals surface area contributed by atoms with Crippen LogP contribution in [0, 0.1) is 11.6 Å². The third-order valence-corrected chi connectivity index (χ3v) is 4.73. The summed E-state index contributed by atoms with van der Waals surface area (Å²) in [5.74, 6) is -1.09. The van der Waals surface area contributed by atoms with Crippen molar-refractivity contribution in [2.45, 2.75) is 31.7 Å². The second-order valence-electron chi connectivity index (χ2n) is 6.84. The molecular formula is C21H19F2N3O. The zero-order chi connectivity index (χ0) is 19.0. The molecule has 6 heteroatoms. The Morgan fingerprint density at radius 2 is 1.89 bits per heavy atom. The van der Waals surface area contributed by atoms with E-state index in [9.17, 15) is 13.6 Å². The summed E-state index contributed by atoms with van der Waals surface area (Å²) in [6.07, 6.45) is 2.13. The summed E-state index contributed by atoms with van der Waals surface area (Å²) in [6, 6.07) is 13.7. The van der Waals surface area contributed by atoms with Crippen LogP contribution in [0.4, 0.5) is 8.78 Å². The van der Waals surface area contributed by atoms with Crippen LogP contribution in [-0.2, 0) is 0 Å². The zero-order valence-electron chi connectivity index (χ0n) is 14.8. The number of carbonyl (C=O) groups excluding carboxylic acids is 1. The van der Waals surface area contributed by atoms with Crippen molar-refractivity contribution in [2.24, 2.45) is 0 Å². The molecule has 0 saturated heterocycles. The van der Waals surface area contributed by atoms with E-state index in [1.807, 2.05) is 30.3 Å². The Hall–Kier alpha value is -3.02. The van der Waals surface area contributed by atoms with Crippen molar-refractivity contribution in [3.63, 3.8) is 0 Å². The van der Waals surface area contributed by atoms with Crippen molar-refractivity contribution in [1.29, 1.82) is 0 Å². The molecule has 1 heterocycles. The van der Waals surface area contributed by atoms with Gasteiger partial charge in [0.2, 0.25) is 0 Å². The standard InChI is InChI=1S/C21H19F2N3O/c1-13(17-11-15(22)9-10-18(17)23)24-21(27)20-12-19(14-7-8-14)25-26(20)16-5-3-2-4-6-16/h2-6,9-14H,7-8H2,1H3,(H,24,27). The van der Waals surface area contributed by atoms with Gasteiger partial charge in [0.15, 0.2) is 0 Å². The first kappa shape index (κ1) is 17.4. The number of nitrogens with one attached hydrogen (secondary N) is 1. The maximum atomic E-state index is 14.0. The molecule has 1 N–H and O–H groups in total. The summed E-state index contributed by atoms with van der Waals surface area (Å²) in [7, 11) is 0. The number of nitrogens with zero attached hydrogens (tertiary/aromatic N) is 2. The third kappa shape index (κ3) is 3.60. The summed E-state index contributed by atoms with van der Waals surface area (Å²) in [4.78, 5) is 12.9. The lowest BCUT2D eigenvalue weighted by Crippen LogP contribution is -2.29. The van der Waals surface area contributed by atoms with Crippen LogP contribution in [0.2, 0.25) is 0 Å². The van der Waals surface area contributed by atoms with Gasteiger partial charge in [-0.25, -0.2) is 13.5 Å². The Balaban J connectivity index is 1.64. The molecule has 3 aromatic rings. The highest BCUT2D eigenvalue weighted by Crippen LogP contribution is 2.39. The minimum atomic E-state index is -0.684. The van der Waals surface area contributed by atoms with Crippen LogP contribution in [0.1, 0.15) is 53.5 Å². The fourth-order valence-corrected chi connectivity index (χ4v) is 3.10. The van der Waals surface area contributed by atoms with Crippen LogP contribution in [0.3, 0.4) is 0 Å². The van der Waals surface area contributed by atoms with Gasteiger partial charge in [0.25, 0.3) is 5.91 Å². The number of para-hydroxylation sites is 1. The van der Waals surface area contributed by atoms with Crippen molar-refractivity contribution in [3.05, 3.63) is 83.2 Å². The van der Waals surface area contributed by atoms with Gasteiger partial charge in [-0.2, -0.15) is 5.10 Å². The van der Waals surface area contributed by atoms with E-state index in [2.05, 4.69) is 10.4 Å². The van der Waals surface area contributed by atoms with Gasteiger partial charge in [-0.15, -0.1) is 0 Å². The van der Waals surface area contributed by atoms with E-state index in [4.69, 9.17) is 0 Å². The molecule has 4 nitrogen and oxygen atoms in total. The summed E-state index contributed by atoms with van der Waals surface area (Å²) >= 11 is 0. The maximum absolute atomic E-state index is 14.0. The fraction of sp³-hybridized carbons (Fsp3) is 0.238. The highest BCUT2D eigenvalue weighted by molar-refractivity contribution is 5.93. The molecule has 0 bridgehead atoms. The predicted molar refractivity (Wildman–Crippen MR) is 97.8 cm³/mol. The van der Waals surface area contributed by atoms with Crippen LogP contribution in [0.25, 0.3) is 5.69 Å². The first-order valence-corrected chi connectivity index (χ1v) is 8.94. The highest BCUT2D eigenvalue weighted by atomic mass is 19.1. The van der Waals surface area contributed by atoms with Gasteiger partial charge < -0.3 is 5.32 Å². The molecule has 1 atom stereocenters. The molecule has 1 saturated carbocycles. The Morgan fingerprint density at radius 3 is 2.59 bits per heavy atom. The lowest BCUT2D eigenvalue weighted by molar-refractivity contribution is 0.0931. The first-order valence-electron chi connectivity index (χ1n) is 8.94. The molecule has 0 spiro atoms. The molecule has 1 aliphatic rings.